The van der Waals surface area contributed by atoms with Crippen molar-refractivity contribution in [1.29, 1.82) is 0 Å². The monoisotopic (exact) mass is 354 g/mol. The predicted octanol–water partition coefficient (Wildman–Crippen LogP) is 3.41. The molecule has 0 saturated heterocycles. The van der Waals surface area contributed by atoms with Gasteiger partial charge in [0.2, 0.25) is 0 Å². The molecule has 5 nitrogen and oxygen atoms in total. The van der Waals surface area contributed by atoms with Gasteiger partial charge in [0, 0.05) is 28.8 Å². The number of aryl methyl sites for hydroxylation is 1. The number of hydrazone groups is 1. The number of thioether (sulfide) groups is 1. The smallest absolute Gasteiger partial charge is 0.290 e. The third kappa shape index (κ3) is 2.91. The van der Waals surface area contributed by atoms with Crippen molar-refractivity contribution in [3.05, 3.63) is 65.4 Å². The number of nitrogens with one attached hydrogen (secondary N) is 1. The molecular formula is C18H15FN4OS. The summed E-state index contributed by atoms with van der Waals surface area (Å²) in [5.74, 6) is 0.208. The standard InChI is InChI=1S/C18H15FN4OS/c1-11-17(23-8-3-2-4-16(23)20-11)18(24)22-21-14-7-9-25-15-6-5-12(19)10-13(14)15/h2-6,8,10H,7,9H2,1H3,(H,22,24). The van der Waals surface area contributed by atoms with Gasteiger partial charge in [-0.2, -0.15) is 5.10 Å². The van der Waals surface area contributed by atoms with Crippen LogP contribution in [0.1, 0.15) is 28.2 Å². The summed E-state index contributed by atoms with van der Waals surface area (Å²) in [4.78, 5) is 18.0. The number of halogens is 1. The topological polar surface area (TPSA) is 58.8 Å². The van der Waals surface area contributed by atoms with Crippen molar-refractivity contribution in [3.8, 4) is 0 Å². The first-order valence-electron chi connectivity index (χ1n) is 7.87. The number of rotatable bonds is 2. The maximum atomic E-state index is 13.6. The molecule has 1 amide bonds. The lowest BCUT2D eigenvalue weighted by Gasteiger charge is -2.17. The van der Waals surface area contributed by atoms with Crippen LogP contribution in [-0.2, 0) is 0 Å². The number of carbonyl (C=O) groups is 1. The van der Waals surface area contributed by atoms with E-state index in [1.807, 2.05) is 18.2 Å². The first-order valence-corrected chi connectivity index (χ1v) is 8.85. The fourth-order valence-electron chi connectivity index (χ4n) is 2.92. The maximum absolute atomic E-state index is 13.6. The van der Waals surface area contributed by atoms with Crippen LogP contribution in [0.4, 0.5) is 4.39 Å². The molecule has 2 aromatic heterocycles. The second-order valence-corrected chi connectivity index (χ2v) is 6.85. The van der Waals surface area contributed by atoms with E-state index in [0.29, 0.717) is 29.2 Å². The highest BCUT2D eigenvalue weighted by Crippen LogP contribution is 2.30. The van der Waals surface area contributed by atoms with Crippen LogP contribution in [-0.4, -0.2) is 26.8 Å². The van der Waals surface area contributed by atoms with Crippen LogP contribution in [0.15, 0.2) is 52.6 Å². The van der Waals surface area contributed by atoms with Crippen LogP contribution in [0.3, 0.4) is 0 Å². The van der Waals surface area contributed by atoms with Crippen LogP contribution in [0.5, 0.6) is 0 Å². The average molecular weight is 354 g/mol. The van der Waals surface area contributed by atoms with E-state index in [0.717, 1.165) is 16.2 Å². The van der Waals surface area contributed by atoms with Crippen LogP contribution in [0.25, 0.3) is 5.65 Å². The Kier molecular flexibility index (Phi) is 4.01. The molecule has 7 heteroatoms. The summed E-state index contributed by atoms with van der Waals surface area (Å²) in [6, 6.07) is 10.2. The SMILES string of the molecule is Cc1nc2ccccn2c1C(=O)NN=C1CCSc2ccc(F)cc21. The minimum absolute atomic E-state index is 0.307. The average Bonchev–Trinajstić information content (AvgIpc) is 2.95. The van der Waals surface area contributed by atoms with E-state index in [-0.39, 0.29) is 11.7 Å². The second-order valence-electron chi connectivity index (χ2n) is 5.71. The highest BCUT2D eigenvalue weighted by molar-refractivity contribution is 7.99. The van der Waals surface area contributed by atoms with E-state index in [2.05, 4.69) is 15.5 Å². The zero-order valence-corrected chi connectivity index (χ0v) is 14.3. The quantitative estimate of drug-likeness (QED) is 0.718. The molecule has 0 unspecified atom stereocenters. The number of pyridine rings is 1. The molecule has 0 spiro atoms. The van der Waals surface area contributed by atoms with E-state index in [4.69, 9.17) is 0 Å². The summed E-state index contributed by atoms with van der Waals surface area (Å²) in [6.07, 6.45) is 2.47. The number of amides is 1. The molecular weight excluding hydrogens is 339 g/mol. The lowest BCUT2D eigenvalue weighted by Crippen LogP contribution is -2.23. The Balaban J connectivity index is 1.65. The van der Waals surface area contributed by atoms with E-state index in [1.54, 1.807) is 35.3 Å². The number of hydrogen-bond acceptors (Lipinski definition) is 4. The van der Waals surface area contributed by atoms with E-state index in [9.17, 15) is 9.18 Å². The van der Waals surface area contributed by atoms with Crippen molar-refractivity contribution in [2.75, 3.05) is 5.75 Å². The first kappa shape index (κ1) is 15.8. The normalized spacial score (nSPS) is 15.4. The number of aromatic nitrogens is 2. The van der Waals surface area contributed by atoms with E-state index in [1.165, 1.54) is 12.1 Å². The Labute approximate surface area is 148 Å². The lowest BCUT2D eigenvalue weighted by atomic mass is 10.1. The Hall–Kier alpha value is -2.67. The molecule has 1 aliphatic heterocycles. The van der Waals surface area contributed by atoms with Crippen molar-refractivity contribution < 1.29 is 9.18 Å². The Bertz CT molecular complexity index is 1010. The van der Waals surface area contributed by atoms with Crippen molar-refractivity contribution >= 4 is 29.0 Å². The lowest BCUT2D eigenvalue weighted by molar-refractivity contribution is 0.0948. The van der Waals surface area contributed by atoms with Gasteiger partial charge in [-0.15, -0.1) is 11.8 Å². The number of fused-ring (bicyclic) bond motifs is 2. The van der Waals surface area contributed by atoms with Crippen LogP contribution in [0.2, 0.25) is 0 Å². The maximum Gasteiger partial charge on any atom is 0.290 e. The molecule has 25 heavy (non-hydrogen) atoms. The molecule has 1 aromatic carbocycles. The molecule has 3 aromatic rings. The van der Waals surface area contributed by atoms with Crippen LogP contribution in [0, 0.1) is 12.7 Å². The summed E-state index contributed by atoms with van der Waals surface area (Å²) in [6.45, 7) is 1.79. The summed E-state index contributed by atoms with van der Waals surface area (Å²) in [7, 11) is 0. The van der Waals surface area contributed by atoms with Gasteiger partial charge in [-0.1, -0.05) is 6.07 Å². The van der Waals surface area contributed by atoms with Gasteiger partial charge in [-0.3, -0.25) is 9.20 Å². The number of carbonyl (C=O) groups excluding carboxylic acids is 1. The van der Waals surface area contributed by atoms with Gasteiger partial charge >= 0.3 is 0 Å². The second kappa shape index (κ2) is 6.33. The fourth-order valence-corrected chi connectivity index (χ4v) is 3.93. The van der Waals surface area contributed by atoms with Crippen molar-refractivity contribution in [1.82, 2.24) is 14.8 Å². The Morgan fingerprint density at radius 1 is 1.36 bits per heavy atom. The molecule has 126 valence electrons. The summed E-state index contributed by atoms with van der Waals surface area (Å²) in [5.41, 5.74) is 5.82. The largest absolute Gasteiger partial charge is 0.295 e. The van der Waals surface area contributed by atoms with Crippen molar-refractivity contribution in [3.63, 3.8) is 0 Å². The van der Waals surface area contributed by atoms with Crippen LogP contribution < -0.4 is 5.43 Å². The third-order valence-electron chi connectivity index (χ3n) is 4.06. The molecule has 1 aliphatic rings. The van der Waals surface area contributed by atoms with Gasteiger partial charge in [0.05, 0.1) is 11.4 Å². The van der Waals surface area contributed by atoms with Gasteiger partial charge < -0.3 is 0 Å². The Morgan fingerprint density at radius 2 is 2.24 bits per heavy atom. The molecule has 0 bridgehead atoms. The molecule has 1 N–H and O–H groups in total. The zero-order valence-electron chi connectivity index (χ0n) is 13.5. The highest BCUT2D eigenvalue weighted by Gasteiger charge is 2.19. The van der Waals surface area contributed by atoms with Gasteiger partial charge in [0.15, 0.2) is 0 Å². The first-order chi connectivity index (χ1) is 12.1. The number of hydrogen-bond donors (Lipinski definition) is 1. The van der Waals surface area contributed by atoms with Gasteiger partial charge in [-0.25, -0.2) is 14.8 Å². The van der Waals surface area contributed by atoms with Crippen LogP contribution >= 0.6 is 11.8 Å². The third-order valence-corrected chi connectivity index (χ3v) is 5.14. The molecule has 0 aliphatic carbocycles. The fraction of sp³-hybridized carbons (Fsp3) is 0.167. The van der Waals surface area contributed by atoms with Gasteiger partial charge in [0.1, 0.15) is 17.2 Å². The number of benzene rings is 1. The molecule has 0 saturated carbocycles. The summed E-state index contributed by atoms with van der Waals surface area (Å²) in [5, 5.41) is 4.27. The molecule has 0 radical (unpaired) electrons. The minimum Gasteiger partial charge on any atom is -0.295 e. The van der Waals surface area contributed by atoms with Crippen molar-refractivity contribution in [2.45, 2.75) is 18.2 Å². The van der Waals surface area contributed by atoms with Crippen molar-refractivity contribution in [2.24, 2.45) is 5.10 Å². The Morgan fingerprint density at radius 3 is 3.12 bits per heavy atom. The van der Waals surface area contributed by atoms with E-state index < -0.39 is 0 Å². The van der Waals surface area contributed by atoms with Gasteiger partial charge in [-0.05, 0) is 37.3 Å². The molecule has 4 rings (SSSR count). The zero-order chi connectivity index (χ0) is 17.4. The molecule has 0 atom stereocenters. The predicted molar refractivity (Wildman–Crippen MR) is 95.7 cm³/mol. The number of nitrogens with zero attached hydrogens (tertiary/aromatic N) is 3. The summed E-state index contributed by atoms with van der Waals surface area (Å²) >= 11 is 1.66. The number of imidazole rings is 1. The van der Waals surface area contributed by atoms with E-state index >= 15 is 0 Å². The van der Waals surface area contributed by atoms with Gasteiger partial charge in [0.25, 0.3) is 5.91 Å². The molecule has 0 fully saturated rings. The molecule has 3 heterocycles. The minimum atomic E-state index is -0.333. The summed E-state index contributed by atoms with van der Waals surface area (Å²) < 4.78 is 15.3. The highest BCUT2D eigenvalue weighted by atomic mass is 32.2.